The monoisotopic (exact) mass is 275 g/mol. The van der Waals surface area contributed by atoms with E-state index in [0.717, 1.165) is 0 Å². The van der Waals surface area contributed by atoms with Gasteiger partial charge in [0, 0.05) is 23.6 Å². The summed E-state index contributed by atoms with van der Waals surface area (Å²) in [5, 5.41) is 12.5. The van der Waals surface area contributed by atoms with Gasteiger partial charge in [-0.3, -0.25) is 0 Å². The summed E-state index contributed by atoms with van der Waals surface area (Å²) in [6, 6.07) is 4.33. The van der Waals surface area contributed by atoms with E-state index in [9.17, 15) is 9.50 Å². The highest BCUT2D eigenvalue weighted by molar-refractivity contribution is 9.10. The third-order valence-electron chi connectivity index (χ3n) is 2.25. The molecule has 2 rings (SSSR count). The number of hydrogen-bond acceptors (Lipinski definition) is 3. The average Bonchev–Trinajstić information content (AvgIpc) is 2.50. The van der Waals surface area contributed by atoms with E-state index >= 15 is 0 Å². The summed E-state index contributed by atoms with van der Waals surface area (Å²) in [6.45, 7) is 1.09. The van der Waals surface area contributed by atoms with Gasteiger partial charge < -0.3 is 15.2 Å². The van der Waals surface area contributed by atoms with Crippen LogP contribution in [0.1, 0.15) is 0 Å². The van der Waals surface area contributed by atoms with Crippen molar-refractivity contribution in [2.75, 3.05) is 13.1 Å². The normalized spacial score (nSPS) is 25.5. The molecule has 2 atom stereocenters. The summed E-state index contributed by atoms with van der Waals surface area (Å²) < 4.78 is 19.1. The molecular weight excluding hydrogens is 265 g/mol. The molecule has 0 bridgehead atoms. The smallest absolute Gasteiger partial charge is 0.138 e. The number of aliphatic hydroxyl groups excluding tert-OH is 1. The lowest BCUT2D eigenvalue weighted by molar-refractivity contribution is 0.0735. The van der Waals surface area contributed by atoms with Crippen LogP contribution in [0.2, 0.25) is 0 Å². The molecule has 2 N–H and O–H groups in total. The van der Waals surface area contributed by atoms with Crippen LogP contribution in [0.5, 0.6) is 5.75 Å². The summed E-state index contributed by atoms with van der Waals surface area (Å²) in [7, 11) is 0. The molecule has 0 aromatic heterocycles. The number of β-amino-alcohol motifs (C(OH)–C–C–N with tert-alkyl or cyclic N) is 1. The molecule has 5 heteroatoms. The van der Waals surface area contributed by atoms with E-state index < -0.39 is 6.10 Å². The van der Waals surface area contributed by atoms with E-state index in [-0.39, 0.29) is 11.9 Å². The molecule has 1 aliphatic rings. The Morgan fingerprint density at radius 3 is 2.80 bits per heavy atom. The van der Waals surface area contributed by atoms with Gasteiger partial charge >= 0.3 is 0 Å². The third-order valence-corrected chi connectivity index (χ3v) is 2.71. The summed E-state index contributed by atoms with van der Waals surface area (Å²) in [5.74, 6) is 0.0643. The Morgan fingerprint density at radius 2 is 2.20 bits per heavy atom. The molecule has 0 saturated carbocycles. The van der Waals surface area contributed by atoms with E-state index in [1.807, 2.05) is 0 Å². The van der Waals surface area contributed by atoms with Crippen LogP contribution in [0.3, 0.4) is 0 Å². The van der Waals surface area contributed by atoms with Crippen LogP contribution in [-0.2, 0) is 0 Å². The number of benzene rings is 1. The van der Waals surface area contributed by atoms with Gasteiger partial charge in [0.05, 0.1) is 0 Å². The number of hydrogen-bond donors (Lipinski definition) is 2. The molecule has 2 unspecified atom stereocenters. The summed E-state index contributed by atoms with van der Waals surface area (Å²) in [5.41, 5.74) is 0. The topological polar surface area (TPSA) is 41.5 Å². The fourth-order valence-corrected chi connectivity index (χ4v) is 1.98. The fourth-order valence-electron chi connectivity index (χ4n) is 1.53. The van der Waals surface area contributed by atoms with Gasteiger partial charge in [0.1, 0.15) is 23.8 Å². The van der Waals surface area contributed by atoms with Crippen LogP contribution >= 0.6 is 15.9 Å². The lowest BCUT2D eigenvalue weighted by Gasteiger charge is -2.16. The van der Waals surface area contributed by atoms with Crippen molar-refractivity contribution in [1.82, 2.24) is 5.32 Å². The summed E-state index contributed by atoms with van der Waals surface area (Å²) in [6.07, 6.45) is -0.842. The number of halogens is 2. The predicted octanol–water partition coefficient (Wildman–Crippen LogP) is 1.30. The Hall–Kier alpha value is -0.650. The first-order valence-corrected chi connectivity index (χ1v) is 5.46. The van der Waals surface area contributed by atoms with Crippen LogP contribution < -0.4 is 10.1 Å². The molecule has 0 radical (unpaired) electrons. The molecule has 0 aliphatic carbocycles. The third kappa shape index (κ3) is 2.68. The largest absolute Gasteiger partial charge is 0.486 e. The van der Waals surface area contributed by atoms with Gasteiger partial charge in [-0.05, 0) is 12.1 Å². The van der Waals surface area contributed by atoms with Crippen LogP contribution in [0, 0.1) is 5.82 Å². The first-order chi connectivity index (χ1) is 7.15. The Labute approximate surface area is 95.4 Å². The van der Waals surface area contributed by atoms with Crippen molar-refractivity contribution in [1.29, 1.82) is 0 Å². The maximum absolute atomic E-state index is 13.0. The molecule has 1 heterocycles. The molecule has 1 saturated heterocycles. The van der Waals surface area contributed by atoms with Crippen molar-refractivity contribution in [2.45, 2.75) is 12.2 Å². The molecule has 15 heavy (non-hydrogen) atoms. The number of rotatable bonds is 2. The van der Waals surface area contributed by atoms with Gasteiger partial charge in [0.15, 0.2) is 0 Å². The van der Waals surface area contributed by atoms with E-state index in [0.29, 0.717) is 23.3 Å². The minimum absolute atomic E-state index is 0.307. The van der Waals surface area contributed by atoms with Crippen molar-refractivity contribution < 1.29 is 14.2 Å². The van der Waals surface area contributed by atoms with Gasteiger partial charge in [0.2, 0.25) is 0 Å². The highest BCUT2D eigenvalue weighted by Gasteiger charge is 2.26. The van der Waals surface area contributed by atoms with E-state index in [1.54, 1.807) is 6.07 Å². The quantitative estimate of drug-likeness (QED) is 0.855. The highest BCUT2D eigenvalue weighted by atomic mass is 79.9. The Bertz CT molecular complexity index is 341. The zero-order valence-corrected chi connectivity index (χ0v) is 9.50. The van der Waals surface area contributed by atoms with Crippen molar-refractivity contribution in [2.24, 2.45) is 0 Å². The maximum Gasteiger partial charge on any atom is 0.138 e. The first kappa shape index (κ1) is 10.9. The lowest BCUT2D eigenvalue weighted by atomic mass is 10.2. The maximum atomic E-state index is 13.0. The zero-order valence-electron chi connectivity index (χ0n) is 7.91. The number of aliphatic hydroxyl groups is 1. The number of ether oxygens (including phenoxy) is 1. The minimum Gasteiger partial charge on any atom is -0.486 e. The minimum atomic E-state index is -0.535. The van der Waals surface area contributed by atoms with E-state index in [1.165, 1.54) is 12.1 Å². The average molecular weight is 276 g/mol. The van der Waals surface area contributed by atoms with Crippen LogP contribution in [-0.4, -0.2) is 30.4 Å². The Balaban J connectivity index is 2.10. The predicted molar refractivity (Wildman–Crippen MR) is 57.4 cm³/mol. The van der Waals surface area contributed by atoms with Crippen molar-refractivity contribution in [3.05, 3.63) is 28.5 Å². The van der Waals surface area contributed by atoms with Gasteiger partial charge in [-0.1, -0.05) is 15.9 Å². The molecule has 3 nitrogen and oxygen atoms in total. The van der Waals surface area contributed by atoms with Gasteiger partial charge in [-0.2, -0.15) is 0 Å². The molecular formula is C10H11BrFNO2. The SMILES string of the molecule is OC1CNCC1Oc1cc(F)cc(Br)c1. The zero-order chi connectivity index (χ0) is 10.8. The lowest BCUT2D eigenvalue weighted by Crippen LogP contribution is -2.29. The molecule has 1 aliphatic heterocycles. The van der Waals surface area contributed by atoms with Gasteiger partial charge in [-0.15, -0.1) is 0 Å². The molecule has 0 amide bonds. The molecule has 1 aromatic carbocycles. The van der Waals surface area contributed by atoms with E-state index in [4.69, 9.17) is 4.74 Å². The molecule has 1 aromatic rings. The summed E-state index contributed by atoms with van der Waals surface area (Å²) >= 11 is 3.18. The second-order valence-corrected chi connectivity index (χ2v) is 4.40. The van der Waals surface area contributed by atoms with Crippen LogP contribution in [0.25, 0.3) is 0 Å². The number of nitrogens with one attached hydrogen (secondary N) is 1. The second-order valence-electron chi connectivity index (χ2n) is 3.49. The molecule has 0 spiro atoms. The van der Waals surface area contributed by atoms with Gasteiger partial charge in [0.25, 0.3) is 0 Å². The Morgan fingerprint density at radius 1 is 1.40 bits per heavy atom. The van der Waals surface area contributed by atoms with Crippen LogP contribution in [0.4, 0.5) is 4.39 Å². The highest BCUT2D eigenvalue weighted by Crippen LogP contribution is 2.22. The molecule has 82 valence electrons. The van der Waals surface area contributed by atoms with Gasteiger partial charge in [-0.25, -0.2) is 4.39 Å². The van der Waals surface area contributed by atoms with E-state index in [2.05, 4.69) is 21.2 Å². The van der Waals surface area contributed by atoms with Crippen molar-refractivity contribution >= 4 is 15.9 Å². The van der Waals surface area contributed by atoms with Crippen LogP contribution in [0.15, 0.2) is 22.7 Å². The van der Waals surface area contributed by atoms with Crippen molar-refractivity contribution in [3.8, 4) is 5.75 Å². The second kappa shape index (κ2) is 4.47. The first-order valence-electron chi connectivity index (χ1n) is 4.66. The molecule has 1 fully saturated rings. The Kier molecular flexibility index (Phi) is 3.23. The standard InChI is InChI=1S/C10H11BrFNO2/c11-6-1-7(12)3-8(2-6)15-10-5-13-4-9(10)14/h1-3,9-10,13-14H,4-5H2. The van der Waals surface area contributed by atoms with Crippen molar-refractivity contribution in [3.63, 3.8) is 0 Å². The fraction of sp³-hybridized carbons (Fsp3) is 0.400. The summed E-state index contributed by atoms with van der Waals surface area (Å²) in [4.78, 5) is 0.